The first-order valence-electron chi connectivity index (χ1n) is 5.74. The van der Waals surface area contributed by atoms with E-state index in [0.717, 1.165) is 16.3 Å². The molecule has 2 nitrogen and oxygen atoms in total. The van der Waals surface area contributed by atoms with Crippen molar-refractivity contribution in [2.24, 2.45) is 0 Å². The highest BCUT2D eigenvalue weighted by atomic mass is 32.1. The number of ketones is 2. The van der Waals surface area contributed by atoms with Gasteiger partial charge in [0.25, 0.3) is 0 Å². The number of benzene rings is 2. The number of thiol groups is 1. The molecule has 2 rings (SSSR count). The van der Waals surface area contributed by atoms with Crippen LogP contribution in [0.25, 0.3) is 10.8 Å². The third-order valence-electron chi connectivity index (χ3n) is 2.84. The molecule has 0 N–H and O–H groups in total. The van der Waals surface area contributed by atoms with Crippen molar-refractivity contribution in [1.29, 1.82) is 0 Å². The summed E-state index contributed by atoms with van der Waals surface area (Å²) in [6.45, 7) is 3.40. The van der Waals surface area contributed by atoms with E-state index in [0.29, 0.717) is 10.5 Å². The number of fused-ring (bicyclic) bond motifs is 1. The van der Waals surface area contributed by atoms with Crippen LogP contribution in [0.1, 0.15) is 29.3 Å². The normalized spacial score (nSPS) is 10.6. The van der Waals surface area contributed by atoms with Crippen LogP contribution < -0.4 is 0 Å². The van der Waals surface area contributed by atoms with Crippen LogP contribution in [-0.4, -0.2) is 11.6 Å². The summed E-state index contributed by atoms with van der Waals surface area (Å²) in [6.07, 6.45) is -0.0688. The fourth-order valence-electron chi connectivity index (χ4n) is 2.03. The maximum atomic E-state index is 12.1. The van der Waals surface area contributed by atoms with Crippen molar-refractivity contribution < 1.29 is 9.59 Å². The Morgan fingerprint density at radius 1 is 1.17 bits per heavy atom. The van der Waals surface area contributed by atoms with Crippen LogP contribution in [0.2, 0.25) is 0 Å². The van der Waals surface area contributed by atoms with E-state index in [9.17, 15) is 9.59 Å². The Morgan fingerprint density at radius 3 is 2.50 bits per heavy atom. The van der Waals surface area contributed by atoms with Crippen LogP contribution in [0.3, 0.4) is 0 Å². The van der Waals surface area contributed by atoms with E-state index < -0.39 is 0 Å². The quantitative estimate of drug-likeness (QED) is 0.518. The molecule has 0 saturated heterocycles. The van der Waals surface area contributed by atoms with E-state index in [1.807, 2.05) is 31.2 Å². The molecule has 0 aromatic heterocycles. The van der Waals surface area contributed by atoms with Gasteiger partial charge in [0.2, 0.25) is 0 Å². The lowest BCUT2D eigenvalue weighted by molar-refractivity contribution is -0.116. The fraction of sp³-hybridized carbons (Fsp3) is 0.200. The molecule has 0 spiro atoms. The van der Waals surface area contributed by atoms with E-state index in [2.05, 4.69) is 12.6 Å². The van der Waals surface area contributed by atoms with Crippen LogP contribution >= 0.6 is 12.6 Å². The predicted molar refractivity (Wildman–Crippen MR) is 75.6 cm³/mol. The summed E-state index contributed by atoms with van der Waals surface area (Å²) in [7, 11) is 0. The molecule has 0 aliphatic carbocycles. The van der Waals surface area contributed by atoms with Gasteiger partial charge in [0, 0.05) is 10.5 Å². The molecule has 0 fully saturated rings. The first-order valence-corrected chi connectivity index (χ1v) is 6.18. The molecule has 0 aliphatic heterocycles. The number of hydrogen-bond acceptors (Lipinski definition) is 3. The molecule has 18 heavy (non-hydrogen) atoms. The van der Waals surface area contributed by atoms with Gasteiger partial charge in [-0.2, -0.15) is 0 Å². The Labute approximate surface area is 111 Å². The first kappa shape index (κ1) is 12.8. The summed E-state index contributed by atoms with van der Waals surface area (Å²) in [4.78, 5) is 23.9. The van der Waals surface area contributed by atoms with Crippen molar-refractivity contribution in [3.05, 3.63) is 41.5 Å². The number of Topliss-reactive ketones (excluding diaryl/α,β-unsaturated/α-hetero) is 2. The Morgan fingerprint density at radius 2 is 1.83 bits per heavy atom. The summed E-state index contributed by atoms with van der Waals surface area (Å²) in [5.41, 5.74) is 1.63. The van der Waals surface area contributed by atoms with Gasteiger partial charge in [0.15, 0.2) is 5.78 Å². The SMILES string of the molecule is CC(=O)CC(=O)c1c(S)ccc2ccc(C)cc12. The van der Waals surface area contributed by atoms with Crippen molar-refractivity contribution in [3.8, 4) is 0 Å². The van der Waals surface area contributed by atoms with Crippen LogP contribution in [0.4, 0.5) is 0 Å². The van der Waals surface area contributed by atoms with Crippen molar-refractivity contribution in [2.45, 2.75) is 25.2 Å². The van der Waals surface area contributed by atoms with E-state index in [1.165, 1.54) is 6.92 Å². The van der Waals surface area contributed by atoms with Gasteiger partial charge in [-0.25, -0.2) is 0 Å². The maximum Gasteiger partial charge on any atom is 0.171 e. The van der Waals surface area contributed by atoms with E-state index in [4.69, 9.17) is 0 Å². The van der Waals surface area contributed by atoms with Gasteiger partial charge in [-0.3, -0.25) is 9.59 Å². The molecule has 0 radical (unpaired) electrons. The largest absolute Gasteiger partial charge is 0.300 e. The maximum absolute atomic E-state index is 12.1. The summed E-state index contributed by atoms with van der Waals surface area (Å²) >= 11 is 4.34. The van der Waals surface area contributed by atoms with Gasteiger partial charge in [-0.1, -0.05) is 29.8 Å². The molecule has 92 valence electrons. The lowest BCUT2D eigenvalue weighted by atomic mass is 9.97. The highest BCUT2D eigenvalue weighted by Crippen LogP contribution is 2.27. The summed E-state index contributed by atoms with van der Waals surface area (Å²) in [6, 6.07) is 9.67. The van der Waals surface area contributed by atoms with Gasteiger partial charge in [-0.15, -0.1) is 12.6 Å². The Kier molecular flexibility index (Phi) is 3.53. The van der Waals surface area contributed by atoms with Gasteiger partial charge in [0.05, 0.1) is 6.42 Å². The predicted octanol–water partition coefficient (Wildman–Crippen LogP) is 3.60. The van der Waals surface area contributed by atoms with Crippen LogP contribution in [0, 0.1) is 6.92 Å². The summed E-state index contributed by atoms with van der Waals surface area (Å²) < 4.78 is 0. The highest BCUT2D eigenvalue weighted by Gasteiger charge is 2.15. The minimum atomic E-state index is -0.163. The molecule has 3 heteroatoms. The molecule has 0 atom stereocenters. The van der Waals surface area contributed by atoms with Gasteiger partial charge in [0.1, 0.15) is 5.78 Å². The second-order valence-corrected chi connectivity index (χ2v) is 4.97. The first-order chi connectivity index (χ1) is 8.49. The molecule has 0 saturated carbocycles. The zero-order valence-corrected chi connectivity index (χ0v) is 11.3. The second-order valence-electron chi connectivity index (χ2n) is 4.49. The number of hydrogen-bond donors (Lipinski definition) is 1. The fourth-order valence-corrected chi connectivity index (χ4v) is 2.35. The topological polar surface area (TPSA) is 34.1 Å². The van der Waals surface area contributed by atoms with E-state index in [1.54, 1.807) is 6.07 Å². The molecule has 2 aromatic carbocycles. The third-order valence-corrected chi connectivity index (χ3v) is 3.22. The lowest BCUT2D eigenvalue weighted by Gasteiger charge is -2.09. The summed E-state index contributed by atoms with van der Waals surface area (Å²) in [5, 5.41) is 1.86. The second kappa shape index (κ2) is 4.94. The zero-order chi connectivity index (χ0) is 13.3. The third kappa shape index (κ3) is 2.46. The molecule has 0 heterocycles. The molecule has 2 aromatic rings. The monoisotopic (exact) mass is 258 g/mol. The molecular weight excluding hydrogens is 244 g/mol. The van der Waals surface area contributed by atoms with Gasteiger partial charge in [-0.05, 0) is 30.7 Å². The number of carbonyl (C=O) groups excluding carboxylic acids is 2. The average Bonchev–Trinajstić information content (AvgIpc) is 2.27. The molecule has 0 aliphatic rings. The van der Waals surface area contributed by atoms with E-state index >= 15 is 0 Å². The minimum absolute atomic E-state index is 0.0688. The van der Waals surface area contributed by atoms with E-state index in [-0.39, 0.29) is 18.0 Å². The minimum Gasteiger partial charge on any atom is -0.300 e. The van der Waals surface area contributed by atoms with Gasteiger partial charge < -0.3 is 0 Å². The zero-order valence-electron chi connectivity index (χ0n) is 10.4. The summed E-state index contributed by atoms with van der Waals surface area (Å²) in [5.74, 6) is -0.291. The molecule has 0 bridgehead atoms. The molecule has 0 unspecified atom stereocenters. The number of rotatable bonds is 3. The molecular formula is C15H14O2S. The van der Waals surface area contributed by atoms with Crippen molar-refractivity contribution in [1.82, 2.24) is 0 Å². The number of aryl methyl sites for hydroxylation is 1. The Hall–Kier alpha value is -1.61. The van der Waals surface area contributed by atoms with Crippen LogP contribution in [0.5, 0.6) is 0 Å². The standard InChI is InChI=1S/C15H14O2S/c1-9-3-4-11-5-6-14(18)15(12(11)7-9)13(17)8-10(2)16/h3-7,18H,8H2,1-2H3. The van der Waals surface area contributed by atoms with Gasteiger partial charge >= 0.3 is 0 Å². The smallest absolute Gasteiger partial charge is 0.171 e. The van der Waals surface area contributed by atoms with Crippen molar-refractivity contribution >= 4 is 35.0 Å². The Balaban J connectivity index is 2.67. The van der Waals surface area contributed by atoms with Crippen LogP contribution in [0.15, 0.2) is 35.2 Å². The lowest BCUT2D eigenvalue weighted by Crippen LogP contribution is -2.06. The van der Waals surface area contributed by atoms with Crippen LogP contribution in [-0.2, 0) is 4.79 Å². The Bertz CT molecular complexity index is 639. The average molecular weight is 258 g/mol. The number of carbonyl (C=O) groups is 2. The van der Waals surface area contributed by atoms with Crippen molar-refractivity contribution in [2.75, 3.05) is 0 Å². The van der Waals surface area contributed by atoms with Crippen molar-refractivity contribution in [3.63, 3.8) is 0 Å². The highest BCUT2D eigenvalue weighted by molar-refractivity contribution is 7.80. The molecule has 0 amide bonds.